The van der Waals surface area contributed by atoms with E-state index in [2.05, 4.69) is 10.3 Å². The Morgan fingerprint density at radius 1 is 1.41 bits per heavy atom. The molecule has 7 nitrogen and oxygen atoms in total. The Morgan fingerprint density at radius 3 is 2.64 bits per heavy atom. The van der Waals surface area contributed by atoms with Crippen molar-refractivity contribution in [2.24, 2.45) is 14.1 Å². The average Bonchev–Trinajstić information content (AvgIpc) is 3.00. The first-order valence-corrected chi connectivity index (χ1v) is 7.63. The number of aryl methyl sites for hydroxylation is 1. The van der Waals surface area contributed by atoms with Crippen molar-refractivity contribution in [3.05, 3.63) is 42.5 Å². The fourth-order valence-corrected chi connectivity index (χ4v) is 2.93. The van der Waals surface area contributed by atoms with E-state index in [1.165, 1.54) is 18.7 Å². The Kier molecular flexibility index (Phi) is 4.47. The molecular formula is C14H17N5O2S. The highest BCUT2D eigenvalue weighted by molar-refractivity contribution is 7.11. The number of anilines is 1. The number of thiazole rings is 1. The maximum Gasteiger partial charge on any atom is 0.332 e. The Balaban J connectivity index is 2.47. The van der Waals surface area contributed by atoms with Crippen molar-refractivity contribution in [1.29, 1.82) is 5.26 Å². The van der Waals surface area contributed by atoms with E-state index in [1.807, 2.05) is 26.1 Å². The number of hydrogen-bond donors (Lipinski definition) is 1. The van der Waals surface area contributed by atoms with Crippen LogP contribution in [0.1, 0.15) is 35.3 Å². The summed E-state index contributed by atoms with van der Waals surface area (Å²) in [7, 11) is 2.88. The minimum absolute atomic E-state index is 0.0799. The van der Waals surface area contributed by atoms with Gasteiger partial charge in [0.1, 0.15) is 16.9 Å². The summed E-state index contributed by atoms with van der Waals surface area (Å²) >= 11 is 1.56. The van der Waals surface area contributed by atoms with E-state index < -0.39 is 11.2 Å². The van der Waals surface area contributed by atoms with E-state index in [-0.39, 0.29) is 17.4 Å². The minimum atomic E-state index is -0.603. The third kappa shape index (κ3) is 2.67. The fraction of sp³-hybridized carbons (Fsp3) is 0.429. The Morgan fingerprint density at radius 2 is 2.09 bits per heavy atom. The molecule has 0 bridgehead atoms. The Bertz CT molecular complexity index is 856. The highest BCUT2D eigenvalue weighted by Gasteiger charge is 2.18. The lowest BCUT2D eigenvalue weighted by molar-refractivity contribution is 0.678. The molecule has 1 N–H and O–H groups in total. The summed E-state index contributed by atoms with van der Waals surface area (Å²) < 4.78 is 2.19. The molecule has 0 fully saturated rings. The highest BCUT2D eigenvalue weighted by atomic mass is 32.1. The van der Waals surface area contributed by atoms with Crippen molar-refractivity contribution >= 4 is 17.2 Å². The zero-order chi connectivity index (χ0) is 16.4. The molecule has 116 valence electrons. The number of rotatable bonds is 4. The first kappa shape index (κ1) is 16.0. The predicted octanol–water partition coefficient (Wildman–Crippen LogP) is 1.15. The van der Waals surface area contributed by atoms with E-state index >= 15 is 0 Å². The molecule has 1 atom stereocenters. The maximum absolute atomic E-state index is 12.0. The molecule has 0 aliphatic carbocycles. The molecule has 2 aromatic heterocycles. The molecule has 2 heterocycles. The molecular weight excluding hydrogens is 302 g/mol. The van der Waals surface area contributed by atoms with Gasteiger partial charge < -0.3 is 5.32 Å². The normalized spacial score (nSPS) is 12.0. The standard InChI is InChI=1S/C14H17N5O2S/c1-5-9-7-16-12(22-9)8(2)17-11-10(6-15)13(20)19(4)14(21)18(11)3/h7-8,17H,5H2,1-4H3. The second kappa shape index (κ2) is 6.15. The van der Waals surface area contributed by atoms with Crippen LogP contribution in [0.3, 0.4) is 0 Å². The monoisotopic (exact) mass is 319 g/mol. The number of nitriles is 1. The van der Waals surface area contributed by atoms with Crippen LogP contribution in [0.5, 0.6) is 0 Å². The van der Waals surface area contributed by atoms with Crippen LogP contribution in [0, 0.1) is 11.3 Å². The Hall–Kier alpha value is -2.40. The number of aromatic nitrogens is 3. The van der Waals surface area contributed by atoms with Gasteiger partial charge in [0.15, 0.2) is 5.56 Å². The van der Waals surface area contributed by atoms with Gasteiger partial charge in [-0.25, -0.2) is 9.78 Å². The largest absolute Gasteiger partial charge is 0.361 e. The van der Waals surface area contributed by atoms with Crippen molar-refractivity contribution in [3.8, 4) is 6.07 Å². The van der Waals surface area contributed by atoms with Crippen LogP contribution < -0.4 is 16.6 Å². The second-order valence-corrected chi connectivity index (χ2v) is 6.07. The molecule has 2 aromatic rings. The second-order valence-electron chi connectivity index (χ2n) is 4.93. The lowest BCUT2D eigenvalue weighted by Crippen LogP contribution is -2.40. The summed E-state index contributed by atoms with van der Waals surface area (Å²) in [4.78, 5) is 29.5. The topological polar surface area (TPSA) is 92.7 Å². The molecule has 8 heteroatoms. The zero-order valence-electron chi connectivity index (χ0n) is 12.9. The third-order valence-corrected chi connectivity index (χ3v) is 4.74. The summed E-state index contributed by atoms with van der Waals surface area (Å²) in [5.41, 5.74) is -1.16. The quantitative estimate of drug-likeness (QED) is 0.912. The van der Waals surface area contributed by atoms with Crippen molar-refractivity contribution in [3.63, 3.8) is 0 Å². The van der Waals surface area contributed by atoms with Crippen LogP contribution in [-0.4, -0.2) is 14.1 Å². The molecule has 1 unspecified atom stereocenters. The molecule has 0 radical (unpaired) electrons. The smallest absolute Gasteiger partial charge is 0.332 e. The van der Waals surface area contributed by atoms with Crippen LogP contribution >= 0.6 is 11.3 Å². The molecule has 0 amide bonds. The number of hydrogen-bond acceptors (Lipinski definition) is 6. The summed E-state index contributed by atoms with van der Waals surface area (Å²) in [5.74, 6) is 0.219. The average molecular weight is 319 g/mol. The molecule has 0 spiro atoms. The van der Waals surface area contributed by atoms with Gasteiger partial charge >= 0.3 is 5.69 Å². The number of nitrogens with one attached hydrogen (secondary N) is 1. The summed E-state index contributed by atoms with van der Waals surface area (Å²) in [6, 6.07) is 1.66. The van der Waals surface area contributed by atoms with Crippen LogP contribution in [0.2, 0.25) is 0 Å². The summed E-state index contributed by atoms with van der Waals surface area (Å²) in [6.45, 7) is 3.93. The van der Waals surface area contributed by atoms with Crippen molar-refractivity contribution < 1.29 is 0 Å². The van der Waals surface area contributed by atoms with E-state index in [9.17, 15) is 14.9 Å². The summed E-state index contributed by atoms with van der Waals surface area (Å²) in [5, 5.41) is 13.1. The van der Waals surface area contributed by atoms with Gasteiger partial charge in [0.05, 0.1) is 6.04 Å². The van der Waals surface area contributed by atoms with Gasteiger partial charge in [-0.1, -0.05) is 6.92 Å². The van der Waals surface area contributed by atoms with Crippen LogP contribution in [0.25, 0.3) is 0 Å². The van der Waals surface area contributed by atoms with Crippen molar-refractivity contribution in [2.75, 3.05) is 5.32 Å². The summed E-state index contributed by atoms with van der Waals surface area (Å²) in [6.07, 6.45) is 2.71. The SMILES string of the molecule is CCc1cnc(C(C)Nc2c(C#N)c(=O)n(C)c(=O)n2C)s1. The van der Waals surface area contributed by atoms with E-state index in [0.717, 1.165) is 20.9 Å². The van der Waals surface area contributed by atoms with Gasteiger partial charge in [-0.3, -0.25) is 13.9 Å². The van der Waals surface area contributed by atoms with Gasteiger partial charge in [0.25, 0.3) is 5.56 Å². The molecule has 0 aliphatic rings. The van der Waals surface area contributed by atoms with Gasteiger partial charge in [-0.2, -0.15) is 5.26 Å². The van der Waals surface area contributed by atoms with Crippen LogP contribution in [0.4, 0.5) is 5.82 Å². The highest BCUT2D eigenvalue weighted by Crippen LogP contribution is 2.24. The van der Waals surface area contributed by atoms with Crippen molar-refractivity contribution in [1.82, 2.24) is 14.1 Å². The third-order valence-electron chi connectivity index (χ3n) is 3.42. The van der Waals surface area contributed by atoms with E-state index in [1.54, 1.807) is 11.3 Å². The molecule has 2 rings (SSSR count). The fourth-order valence-electron chi connectivity index (χ4n) is 2.07. The van der Waals surface area contributed by atoms with Crippen LogP contribution in [-0.2, 0) is 20.5 Å². The molecule has 0 aromatic carbocycles. The van der Waals surface area contributed by atoms with Gasteiger partial charge in [-0.05, 0) is 13.3 Å². The molecule has 0 aliphatic heterocycles. The van der Waals surface area contributed by atoms with Crippen molar-refractivity contribution in [2.45, 2.75) is 26.3 Å². The lowest BCUT2D eigenvalue weighted by Gasteiger charge is -2.17. The van der Waals surface area contributed by atoms with Gasteiger partial charge in [-0.15, -0.1) is 11.3 Å². The van der Waals surface area contributed by atoms with E-state index in [4.69, 9.17) is 0 Å². The molecule has 0 saturated carbocycles. The lowest BCUT2D eigenvalue weighted by atomic mass is 10.2. The maximum atomic E-state index is 12.0. The Labute approximate surface area is 131 Å². The first-order chi connectivity index (χ1) is 10.4. The predicted molar refractivity (Wildman–Crippen MR) is 85.2 cm³/mol. The molecule has 0 saturated heterocycles. The zero-order valence-corrected chi connectivity index (χ0v) is 13.7. The van der Waals surface area contributed by atoms with E-state index in [0.29, 0.717) is 0 Å². The minimum Gasteiger partial charge on any atom is -0.361 e. The molecule has 22 heavy (non-hydrogen) atoms. The van der Waals surface area contributed by atoms with Crippen LogP contribution in [0.15, 0.2) is 15.8 Å². The van der Waals surface area contributed by atoms with Gasteiger partial charge in [0, 0.05) is 25.2 Å². The first-order valence-electron chi connectivity index (χ1n) is 6.81. The van der Waals surface area contributed by atoms with Gasteiger partial charge in [0.2, 0.25) is 0 Å². The number of nitrogens with zero attached hydrogens (tertiary/aromatic N) is 4.